The van der Waals surface area contributed by atoms with E-state index in [9.17, 15) is 14.0 Å². The van der Waals surface area contributed by atoms with E-state index >= 15 is 0 Å². The number of hydrogen-bond donors (Lipinski definition) is 1. The summed E-state index contributed by atoms with van der Waals surface area (Å²) < 4.78 is 13.9. The fourth-order valence-electron chi connectivity index (χ4n) is 2.98. The van der Waals surface area contributed by atoms with Crippen molar-refractivity contribution < 1.29 is 14.0 Å². The molecular weight excluding hydrogens is 321 g/mol. The first-order valence-corrected chi connectivity index (χ1v) is 7.84. The minimum atomic E-state index is -0.560. The van der Waals surface area contributed by atoms with Gasteiger partial charge in [-0.15, -0.1) is 0 Å². The Balaban J connectivity index is 1.64. The number of aromatic nitrogens is 1. The van der Waals surface area contributed by atoms with E-state index in [1.807, 2.05) is 30.3 Å². The number of pyridine rings is 1. The molecule has 1 aromatic heterocycles. The molecule has 25 heavy (non-hydrogen) atoms. The summed E-state index contributed by atoms with van der Waals surface area (Å²) in [5.74, 6) is -1.25. The first-order chi connectivity index (χ1) is 12.1. The highest BCUT2D eigenvalue weighted by molar-refractivity contribution is 6.10. The molecule has 0 atom stereocenters. The summed E-state index contributed by atoms with van der Waals surface area (Å²) in [6.07, 6.45) is 1.73. The number of para-hydroxylation sites is 2. The third-order valence-corrected chi connectivity index (χ3v) is 4.15. The fraction of sp³-hybridized carbons (Fsp3) is 0.105. The molecule has 0 radical (unpaired) electrons. The highest BCUT2D eigenvalue weighted by Crippen LogP contribution is 2.32. The molecule has 124 valence electrons. The van der Waals surface area contributed by atoms with Crippen molar-refractivity contribution in [2.75, 3.05) is 16.8 Å². The molecule has 0 unspecified atom stereocenters. The van der Waals surface area contributed by atoms with Gasteiger partial charge in [-0.25, -0.2) is 4.39 Å². The van der Waals surface area contributed by atoms with Gasteiger partial charge in [0.15, 0.2) is 0 Å². The molecular formula is C19H14FN3O2. The van der Waals surface area contributed by atoms with Gasteiger partial charge in [0.05, 0.1) is 17.6 Å². The summed E-state index contributed by atoms with van der Waals surface area (Å²) in [5, 5.41) is 3.42. The van der Waals surface area contributed by atoms with E-state index in [-0.39, 0.29) is 24.6 Å². The molecule has 0 saturated heterocycles. The number of carbonyl (C=O) groups is 2. The van der Waals surface area contributed by atoms with Gasteiger partial charge in [-0.3, -0.25) is 14.6 Å². The van der Waals surface area contributed by atoms with Crippen molar-refractivity contribution in [3.63, 3.8) is 0 Å². The molecule has 0 bridgehead atoms. The predicted octanol–water partition coefficient (Wildman–Crippen LogP) is 2.90. The van der Waals surface area contributed by atoms with E-state index in [0.717, 1.165) is 16.5 Å². The molecule has 1 N–H and O–H groups in total. The monoisotopic (exact) mass is 335 g/mol. The SMILES string of the molecule is O=C1CN(C(=O)Cc2cnc3ccccc3c2)c2cccc(F)c2N1. The van der Waals surface area contributed by atoms with E-state index in [1.165, 1.54) is 17.0 Å². The molecule has 2 heterocycles. The number of rotatable bonds is 2. The second kappa shape index (κ2) is 5.98. The zero-order valence-corrected chi connectivity index (χ0v) is 13.2. The summed E-state index contributed by atoms with van der Waals surface area (Å²) in [6.45, 7) is -0.129. The molecule has 0 saturated carbocycles. The summed E-state index contributed by atoms with van der Waals surface area (Å²) in [7, 11) is 0. The van der Waals surface area contributed by atoms with Gasteiger partial charge >= 0.3 is 0 Å². The zero-order valence-electron chi connectivity index (χ0n) is 13.2. The van der Waals surface area contributed by atoms with Crippen molar-refractivity contribution in [1.29, 1.82) is 0 Å². The maximum atomic E-state index is 13.9. The van der Waals surface area contributed by atoms with Crippen molar-refractivity contribution in [1.82, 2.24) is 4.98 Å². The standard InChI is InChI=1S/C19H14FN3O2/c20-14-5-3-7-16-19(14)22-17(24)11-23(16)18(25)9-12-8-13-4-1-2-6-15(13)21-10-12/h1-8,10H,9,11H2,(H,22,24). The van der Waals surface area contributed by atoms with Crippen molar-refractivity contribution in [3.05, 3.63) is 66.1 Å². The number of fused-ring (bicyclic) bond motifs is 2. The average Bonchev–Trinajstić information content (AvgIpc) is 2.62. The topological polar surface area (TPSA) is 62.3 Å². The fourth-order valence-corrected chi connectivity index (χ4v) is 2.98. The van der Waals surface area contributed by atoms with Gasteiger partial charge in [-0.1, -0.05) is 24.3 Å². The molecule has 0 fully saturated rings. The van der Waals surface area contributed by atoms with Crippen LogP contribution in [0.5, 0.6) is 0 Å². The van der Waals surface area contributed by atoms with Crippen LogP contribution < -0.4 is 10.2 Å². The van der Waals surface area contributed by atoms with Gasteiger partial charge < -0.3 is 10.2 Å². The Morgan fingerprint density at radius 1 is 1.20 bits per heavy atom. The van der Waals surface area contributed by atoms with Crippen molar-refractivity contribution in [3.8, 4) is 0 Å². The first-order valence-electron chi connectivity index (χ1n) is 7.84. The molecule has 2 aromatic carbocycles. The quantitative estimate of drug-likeness (QED) is 0.783. The second-order valence-corrected chi connectivity index (χ2v) is 5.88. The van der Waals surface area contributed by atoms with Gasteiger partial charge in [0, 0.05) is 11.6 Å². The summed E-state index contributed by atoms with van der Waals surface area (Å²) in [5.41, 5.74) is 2.01. The third kappa shape index (κ3) is 2.82. The number of nitrogens with one attached hydrogen (secondary N) is 1. The van der Waals surface area contributed by atoms with Gasteiger partial charge in [0.1, 0.15) is 18.0 Å². The summed E-state index contributed by atoms with van der Waals surface area (Å²) in [4.78, 5) is 30.2. The second-order valence-electron chi connectivity index (χ2n) is 5.88. The Morgan fingerprint density at radius 2 is 2.04 bits per heavy atom. The molecule has 4 rings (SSSR count). The van der Waals surface area contributed by atoms with E-state index in [2.05, 4.69) is 10.3 Å². The lowest BCUT2D eigenvalue weighted by Gasteiger charge is -2.29. The van der Waals surface area contributed by atoms with Gasteiger partial charge in [-0.2, -0.15) is 0 Å². The van der Waals surface area contributed by atoms with Gasteiger partial charge in [0.2, 0.25) is 11.8 Å². The molecule has 1 aliphatic heterocycles. The van der Waals surface area contributed by atoms with Crippen molar-refractivity contribution in [2.24, 2.45) is 0 Å². The van der Waals surface area contributed by atoms with E-state index in [0.29, 0.717) is 5.69 Å². The highest BCUT2D eigenvalue weighted by Gasteiger charge is 2.28. The maximum Gasteiger partial charge on any atom is 0.244 e. The highest BCUT2D eigenvalue weighted by atomic mass is 19.1. The van der Waals surface area contributed by atoms with Crippen LogP contribution in [0.1, 0.15) is 5.56 Å². The Labute approximate surface area is 143 Å². The van der Waals surface area contributed by atoms with Crippen LogP contribution in [0.2, 0.25) is 0 Å². The number of amides is 2. The number of nitrogens with zero attached hydrogens (tertiary/aromatic N) is 2. The molecule has 0 spiro atoms. The molecule has 1 aliphatic rings. The van der Waals surface area contributed by atoms with E-state index < -0.39 is 11.7 Å². The average molecular weight is 335 g/mol. The van der Waals surface area contributed by atoms with Crippen molar-refractivity contribution in [2.45, 2.75) is 6.42 Å². The van der Waals surface area contributed by atoms with Crippen LogP contribution in [0.3, 0.4) is 0 Å². The zero-order chi connectivity index (χ0) is 17.4. The summed E-state index contributed by atoms with van der Waals surface area (Å²) >= 11 is 0. The van der Waals surface area contributed by atoms with Crippen LogP contribution in [0.4, 0.5) is 15.8 Å². The molecule has 5 nitrogen and oxygen atoms in total. The predicted molar refractivity (Wildman–Crippen MR) is 92.8 cm³/mol. The van der Waals surface area contributed by atoms with Gasteiger partial charge in [-0.05, 0) is 29.8 Å². The van der Waals surface area contributed by atoms with Crippen molar-refractivity contribution >= 4 is 34.1 Å². The Bertz CT molecular complexity index is 1000. The minimum Gasteiger partial charge on any atom is -0.320 e. The smallest absolute Gasteiger partial charge is 0.244 e. The molecule has 0 aliphatic carbocycles. The van der Waals surface area contributed by atoms with E-state index in [4.69, 9.17) is 0 Å². The van der Waals surface area contributed by atoms with Crippen LogP contribution in [0.25, 0.3) is 10.9 Å². The Hall–Kier alpha value is -3.28. The van der Waals surface area contributed by atoms with Crippen LogP contribution in [0, 0.1) is 5.82 Å². The summed E-state index contributed by atoms with van der Waals surface area (Å²) in [6, 6.07) is 13.9. The lowest BCUT2D eigenvalue weighted by atomic mass is 10.1. The number of carbonyl (C=O) groups excluding carboxylic acids is 2. The molecule has 2 amide bonds. The number of hydrogen-bond acceptors (Lipinski definition) is 3. The lowest BCUT2D eigenvalue weighted by Crippen LogP contribution is -2.43. The third-order valence-electron chi connectivity index (χ3n) is 4.15. The molecule has 3 aromatic rings. The van der Waals surface area contributed by atoms with Gasteiger partial charge in [0.25, 0.3) is 0 Å². The first kappa shape index (κ1) is 15.3. The largest absolute Gasteiger partial charge is 0.320 e. The van der Waals surface area contributed by atoms with Crippen LogP contribution in [0.15, 0.2) is 54.7 Å². The number of benzene rings is 2. The number of anilines is 2. The number of halogens is 1. The lowest BCUT2D eigenvalue weighted by molar-refractivity contribution is -0.121. The van der Waals surface area contributed by atoms with E-state index in [1.54, 1.807) is 12.3 Å². The minimum absolute atomic E-state index is 0.0451. The molecule has 6 heteroatoms. The Morgan fingerprint density at radius 3 is 2.92 bits per heavy atom. The van der Waals surface area contributed by atoms with Crippen LogP contribution in [-0.4, -0.2) is 23.3 Å². The normalized spacial score (nSPS) is 13.5. The Kier molecular flexibility index (Phi) is 3.65. The van der Waals surface area contributed by atoms with Crippen LogP contribution >= 0.6 is 0 Å². The maximum absolute atomic E-state index is 13.9. The van der Waals surface area contributed by atoms with Crippen LogP contribution in [-0.2, 0) is 16.0 Å².